The molecule has 0 bridgehead atoms. The molecule has 16 heavy (non-hydrogen) atoms. The molecular weight excluding hydrogens is 240 g/mol. The summed E-state index contributed by atoms with van der Waals surface area (Å²) in [7, 11) is 0. The molecular formula is C12H15ClN2S. The fourth-order valence-electron chi connectivity index (χ4n) is 2.03. The van der Waals surface area contributed by atoms with Gasteiger partial charge in [-0.15, -0.1) is 22.9 Å². The highest BCUT2D eigenvalue weighted by atomic mass is 35.5. The Hall–Kier alpha value is -0.670. The highest BCUT2D eigenvalue weighted by Gasteiger charge is 2.20. The van der Waals surface area contributed by atoms with Crippen molar-refractivity contribution in [2.24, 2.45) is 0 Å². The molecule has 0 amide bonds. The summed E-state index contributed by atoms with van der Waals surface area (Å²) in [6.07, 6.45) is 2.65. The van der Waals surface area contributed by atoms with Crippen molar-refractivity contribution in [3.8, 4) is 0 Å². The second-order valence-electron chi connectivity index (χ2n) is 4.03. The van der Waals surface area contributed by atoms with Crippen LogP contribution < -0.4 is 0 Å². The molecule has 2 aromatic heterocycles. The molecule has 2 rings (SSSR count). The summed E-state index contributed by atoms with van der Waals surface area (Å²) in [5.74, 6) is 0.307. The predicted molar refractivity (Wildman–Crippen MR) is 70.5 cm³/mol. The zero-order valence-corrected chi connectivity index (χ0v) is 11.3. The smallest absolute Gasteiger partial charge is 0.127 e. The Balaban J connectivity index is 2.58. The molecule has 2 heterocycles. The maximum Gasteiger partial charge on any atom is 0.127 e. The minimum Gasteiger partial charge on any atom is -0.240 e. The van der Waals surface area contributed by atoms with Crippen molar-refractivity contribution in [2.75, 3.05) is 0 Å². The zero-order chi connectivity index (χ0) is 11.7. The largest absolute Gasteiger partial charge is 0.240 e. The number of rotatable bonds is 3. The summed E-state index contributed by atoms with van der Waals surface area (Å²) in [6, 6.07) is 2.16. The lowest BCUT2D eigenvalue weighted by Gasteiger charge is -2.17. The normalized spacial score (nSPS) is 15.2. The van der Waals surface area contributed by atoms with Crippen LogP contribution in [-0.2, 0) is 0 Å². The van der Waals surface area contributed by atoms with Gasteiger partial charge in [-0.3, -0.25) is 0 Å². The zero-order valence-electron chi connectivity index (χ0n) is 9.70. The van der Waals surface area contributed by atoms with E-state index in [-0.39, 0.29) is 5.38 Å². The number of aromatic nitrogens is 2. The second-order valence-corrected chi connectivity index (χ2v) is 5.95. The van der Waals surface area contributed by atoms with Crippen LogP contribution in [0.4, 0.5) is 0 Å². The summed E-state index contributed by atoms with van der Waals surface area (Å²) in [5, 5.41) is 1.27. The van der Waals surface area contributed by atoms with Gasteiger partial charge in [0.25, 0.3) is 0 Å². The van der Waals surface area contributed by atoms with E-state index in [1.807, 2.05) is 6.92 Å². The van der Waals surface area contributed by atoms with Crippen LogP contribution in [0.15, 0.2) is 12.4 Å². The predicted octanol–water partition coefficient (Wildman–Crippen LogP) is 4.12. The molecule has 86 valence electrons. The monoisotopic (exact) mass is 254 g/mol. The van der Waals surface area contributed by atoms with Gasteiger partial charge in [0.2, 0.25) is 0 Å². The Labute approximate surface area is 105 Å². The van der Waals surface area contributed by atoms with Crippen LogP contribution in [0.3, 0.4) is 0 Å². The quantitative estimate of drug-likeness (QED) is 0.770. The van der Waals surface area contributed by atoms with E-state index in [1.165, 1.54) is 10.3 Å². The first-order chi connectivity index (χ1) is 7.63. The number of alkyl halides is 1. The van der Waals surface area contributed by atoms with Crippen LogP contribution in [0.2, 0.25) is 0 Å². The molecule has 2 aromatic rings. The topological polar surface area (TPSA) is 25.8 Å². The third kappa shape index (κ3) is 2.06. The number of hydrogen-bond acceptors (Lipinski definition) is 3. The third-order valence-electron chi connectivity index (χ3n) is 2.83. The maximum atomic E-state index is 6.23. The lowest BCUT2D eigenvalue weighted by Crippen LogP contribution is -2.10. The van der Waals surface area contributed by atoms with Gasteiger partial charge >= 0.3 is 0 Å². The lowest BCUT2D eigenvalue weighted by atomic mass is 9.96. The first-order valence-electron chi connectivity index (χ1n) is 5.48. The van der Waals surface area contributed by atoms with Crippen LogP contribution in [0, 0.1) is 6.92 Å². The van der Waals surface area contributed by atoms with Crippen molar-refractivity contribution < 1.29 is 0 Å². The van der Waals surface area contributed by atoms with Crippen molar-refractivity contribution in [3.05, 3.63) is 23.0 Å². The van der Waals surface area contributed by atoms with Gasteiger partial charge in [0.15, 0.2) is 0 Å². The Bertz CT molecular complexity index is 493. The number of nitrogens with zero attached hydrogens (tertiary/aromatic N) is 2. The molecule has 0 aliphatic rings. The van der Waals surface area contributed by atoms with Crippen molar-refractivity contribution >= 4 is 33.2 Å². The molecule has 2 unspecified atom stereocenters. The highest BCUT2D eigenvalue weighted by molar-refractivity contribution is 7.18. The van der Waals surface area contributed by atoms with Crippen LogP contribution in [0.5, 0.6) is 0 Å². The van der Waals surface area contributed by atoms with Gasteiger partial charge in [0, 0.05) is 21.6 Å². The molecule has 0 radical (unpaired) electrons. The maximum absolute atomic E-state index is 6.23. The van der Waals surface area contributed by atoms with E-state index in [0.717, 1.165) is 16.9 Å². The highest BCUT2D eigenvalue weighted by Crippen LogP contribution is 2.33. The fourth-order valence-corrected chi connectivity index (χ4v) is 3.18. The minimum atomic E-state index is 0.100. The second kappa shape index (κ2) is 4.68. The average molecular weight is 255 g/mol. The molecule has 0 aromatic carbocycles. The van der Waals surface area contributed by atoms with Gasteiger partial charge in [-0.05, 0) is 26.3 Å². The number of thiophene rings is 1. The van der Waals surface area contributed by atoms with Crippen LogP contribution in [0.1, 0.15) is 36.8 Å². The van der Waals surface area contributed by atoms with Crippen molar-refractivity contribution in [2.45, 2.75) is 38.5 Å². The van der Waals surface area contributed by atoms with Gasteiger partial charge in [-0.1, -0.05) is 6.92 Å². The molecule has 0 aliphatic heterocycles. The third-order valence-corrected chi connectivity index (χ3v) is 4.09. The lowest BCUT2D eigenvalue weighted by molar-refractivity contribution is 0.635. The molecule has 0 saturated carbocycles. The Morgan fingerprint density at radius 1 is 1.44 bits per heavy atom. The van der Waals surface area contributed by atoms with E-state index in [9.17, 15) is 0 Å². The van der Waals surface area contributed by atoms with Gasteiger partial charge in [0.05, 0.1) is 5.69 Å². The van der Waals surface area contributed by atoms with E-state index >= 15 is 0 Å². The first-order valence-corrected chi connectivity index (χ1v) is 6.74. The van der Waals surface area contributed by atoms with E-state index in [2.05, 4.69) is 29.9 Å². The van der Waals surface area contributed by atoms with Crippen molar-refractivity contribution in [3.63, 3.8) is 0 Å². The summed E-state index contributed by atoms with van der Waals surface area (Å²) in [4.78, 5) is 11.1. The molecule has 4 heteroatoms. The Morgan fingerprint density at radius 3 is 2.81 bits per heavy atom. The molecule has 2 nitrogen and oxygen atoms in total. The van der Waals surface area contributed by atoms with E-state index < -0.39 is 0 Å². The fraction of sp³-hybridized carbons (Fsp3) is 0.500. The number of aryl methyl sites for hydroxylation is 1. The number of fused-ring (bicyclic) bond motifs is 1. The summed E-state index contributed by atoms with van der Waals surface area (Å²) < 4.78 is 0. The van der Waals surface area contributed by atoms with Crippen LogP contribution in [0.25, 0.3) is 10.2 Å². The molecule has 0 aliphatic carbocycles. The van der Waals surface area contributed by atoms with E-state index in [1.54, 1.807) is 17.7 Å². The van der Waals surface area contributed by atoms with E-state index in [0.29, 0.717) is 5.92 Å². The number of halogens is 1. The first kappa shape index (κ1) is 11.8. The average Bonchev–Trinajstić information content (AvgIpc) is 2.59. The molecule has 2 atom stereocenters. The number of hydrogen-bond donors (Lipinski definition) is 0. The van der Waals surface area contributed by atoms with Crippen molar-refractivity contribution in [1.29, 1.82) is 0 Å². The summed E-state index contributed by atoms with van der Waals surface area (Å²) >= 11 is 7.94. The molecule has 0 fully saturated rings. The van der Waals surface area contributed by atoms with E-state index in [4.69, 9.17) is 11.6 Å². The Kier molecular flexibility index (Phi) is 3.45. The summed E-state index contributed by atoms with van der Waals surface area (Å²) in [6.45, 7) is 6.28. The molecule has 0 spiro atoms. The van der Waals surface area contributed by atoms with Gasteiger partial charge in [-0.25, -0.2) is 9.97 Å². The Morgan fingerprint density at radius 2 is 2.19 bits per heavy atom. The van der Waals surface area contributed by atoms with Crippen molar-refractivity contribution in [1.82, 2.24) is 9.97 Å². The van der Waals surface area contributed by atoms with Crippen LogP contribution in [-0.4, -0.2) is 15.3 Å². The molecule has 0 N–H and O–H groups in total. The standard InChI is InChI=1S/C12H15ClN2S/c1-4-9(8(3)13)11-10-5-7(2)16-12(10)15-6-14-11/h5-6,8-9H,4H2,1-3H3. The molecule has 0 saturated heterocycles. The SMILES string of the molecule is CCC(c1ncnc2sc(C)cc12)C(C)Cl. The minimum absolute atomic E-state index is 0.100. The summed E-state index contributed by atoms with van der Waals surface area (Å²) in [5.41, 5.74) is 1.10. The van der Waals surface area contributed by atoms with Gasteiger partial charge in [-0.2, -0.15) is 0 Å². The van der Waals surface area contributed by atoms with Crippen LogP contribution >= 0.6 is 22.9 Å². The van der Waals surface area contributed by atoms with Gasteiger partial charge in [0.1, 0.15) is 11.2 Å². The van der Waals surface area contributed by atoms with Gasteiger partial charge < -0.3 is 0 Å².